The monoisotopic (exact) mass is 477 g/mol. The number of anilines is 1. The number of hydrogen-bond acceptors (Lipinski definition) is 7. The second kappa shape index (κ2) is 10.9. The Morgan fingerprint density at radius 3 is 2.94 bits per heavy atom. The van der Waals surface area contributed by atoms with Gasteiger partial charge in [-0.2, -0.15) is 11.8 Å². The summed E-state index contributed by atoms with van der Waals surface area (Å²) in [5.41, 5.74) is 3.17. The van der Waals surface area contributed by atoms with Crippen molar-refractivity contribution in [3.05, 3.63) is 66.2 Å². The van der Waals surface area contributed by atoms with Crippen molar-refractivity contribution in [2.75, 3.05) is 43.1 Å². The Morgan fingerprint density at radius 1 is 1.12 bits per heavy atom. The number of allylic oxidation sites excluding steroid dienone is 1. The number of rotatable bonds is 9. The van der Waals surface area contributed by atoms with Crippen LogP contribution in [-0.4, -0.2) is 60.1 Å². The van der Waals surface area contributed by atoms with Crippen molar-refractivity contribution < 1.29 is 9.47 Å². The number of nitrogens with zero attached hydrogens (tertiary/aromatic N) is 2. The lowest BCUT2D eigenvalue weighted by Crippen LogP contribution is -2.37. The summed E-state index contributed by atoms with van der Waals surface area (Å²) in [7, 11) is 0. The smallest absolute Gasteiger partial charge is 0.197 e. The van der Waals surface area contributed by atoms with Crippen LogP contribution in [0.3, 0.4) is 0 Å². The first-order valence-corrected chi connectivity index (χ1v) is 12.9. The minimum Gasteiger partial charge on any atom is -0.493 e. The molecule has 34 heavy (non-hydrogen) atoms. The Kier molecular flexibility index (Phi) is 7.26. The average molecular weight is 478 g/mol. The standard InChI is InChI=1S/C26H31N5O2S/c1-19-16-20-17-23(6-7-24(20)28-19)33-25-8-9-27-26(30-25)29-21-4-2-5-22(18-21)32-13-3-10-31-11-14-34-15-12-31/h2,4-9,16-18,26,28-30H,3,10-15H2,1H3. The highest BCUT2D eigenvalue weighted by atomic mass is 32.2. The van der Waals surface area contributed by atoms with Gasteiger partial charge in [0, 0.05) is 71.8 Å². The van der Waals surface area contributed by atoms with Crippen LogP contribution in [0.25, 0.3) is 10.9 Å². The summed E-state index contributed by atoms with van der Waals surface area (Å²) in [6.07, 6.45) is 4.29. The van der Waals surface area contributed by atoms with Gasteiger partial charge in [0.1, 0.15) is 11.5 Å². The SMILES string of the molecule is Cc1cc2cc(OC3=CC=NC(Nc4cccc(OCCCN5CCSCC5)c4)N3)ccc2[nH]1. The van der Waals surface area contributed by atoms with Gasteiger partial charge in [-0.1, -0.05) is 6.07 Å². The summed E-state index contributed by atoms with van der Waals surface area (Å²) < 4.78 is 12.0. The van der Waals surface area contributed by atoms with Gasteiger partial charge in [0.15, 0.2) is 12.2 Å². The lowest BCUT2D eigenvalue weighted by Gasteiger charge is -2.26. The number of ether oxygens (including phenoxy) is 2. The Balaban J connectivity index is 1.11. The lowest BCUT2D eigenvalue weighted by atomic mass is 10.2. The average Bonchev–Trinajstić information content (AvgIpc) is 3.22. The highest BCUT2D eigenvalue weighted by molar-refractivity contribution is 7.99. The van der Waals surface area contributed by atoms with Gasteiger partial charge in [0.05, 0.1) is 6.61 Å². The highest BCUT2D eigenvalue weighted by Gasteiger charge is 2.14. The minimum atomic E-state index is -0.328. The number of hydrogen-bond donors (Lipinski definition) is 3. The van der Waals surface area contributed by atoms with E-state index in [1.165, 1.54) is 24.6 Å². The molecule has 1 aromatic heterocycles. The fourth-order valence-corrected chi connectivity index (χ4v) is 5.12. The van der Waals surface area contributed by atoms with Crippen LogP contribution in [-0.2, 0) is 0 Å². The van der Waals surface area contributed by atoms with E-state index >= 15 is 0 Å². The summed E-state index contributed by atoms with van der Waals surface area (Å²) in [6, 6.07) is 16.1. The highest BCUT2D eigenvalue weighted by Crippen LogP contribution is 2.23. The molecule has 0 saturated carbocycles. The third-order valence-corrected chi connectivity index (χ3v) is 6.77. The number of aryl methyl sites for hydroxylation is 1. The van der Waals surface area contributed by atoms with Gasteiger partial charge in [0.25, 0.3) is 0 Å². The third kappa shape index (κ3) is 6.07. The zero-order valence-corrected chi connectivity index (χ0v) is 20.2. The summed E-state index contributed by atoms with van der Waals surface area (Å²) in [6.45, 7) is 6.26. The molecule has 1 atom stereocenters. The number of fused-ring (bicyclic) bond motifs is 1. The molecule has 0 radical (unpaired) electrons. The number of nitrogens with one attached hydrogen (secondary N) is 3. The normalized spacial score (nSPS) is 18.4. The summed E-state index contributed by atoms with van der Waals surface area (Å²) in [5, 5.41) is 7.80. The molecule has 7 nitrogen and oxygen atoms in total. The van der Waals surface area contributed by atoms with Gasteiger partial charge < -0.3 is 30.0 Å². The molecule has 0 spiro atoms. The van der Waals surface area contributed by atoms with E-state index in [1.54, 1.807) is 6.21 Å². The molecule has 2 aromatic carbocycles. The quantitative estimate of drug-likeness (QED) is 0.392. The lowest BCUT2D eigenvalue weighted by molar-refractivity contribution is 0.248. The van der Waals surface area contributed by atoms with E-state index in [1.807, 2.05) is 67.2 Å². The number of H-pyrrole nitrogens is 1. The second-order valence-electron chi connectivity index (χ2n) is 8.51. The molecule has 5 rings (SSSR count). The van der Waals surface area contributed by atoms with Gasteiger partial charge in [-0.25, -0.2) is 4.99 Å². The molecular weight excluding hydrogens is 446 g/mol. The van der Waals surface area contributed by atoms with Crippen molar-refractivity contribution in [1.82, 2.24) is 15.2 Å². The van der Waals surface area contributed by atoms with E-state index in [2.05, 4.69) is 31.6 Å². The van der Waals surface area contributed by atoms with Crippen LogP contribution in [0.4, 0.5) is 5.69 Å². The van der Waals surface area contributed by atoms with E-state index in [4.69, 9.17) is 9.47 Å². The summed E-state index contributed by atoms with van der Waals surface area (Å²) in [5.74, 6) is 4.77. The van der Waals surface area contributed by atoms with Crippen molar-refractivity contribution in [2.24, 2.45) is 4.99 Å². The van der Waals surface area contributed by atoms with E-state index < -0.39 is 0 Å². The van der Waals surface area contributed by atoms with Crippen LogP contribution in [0.5, 0.6) is 11.5 Å². The van der Waals surface area contributed by atoms with Crippen LogP contribution < -0.4 is 20.1 Å². The number of thioether (sulfide) groups is 1. The number of benzene rings is 2. The Hall–Kier alpha value is -3.10. The van der Waals surface area contributed by atoms with Crippen LogP contribution in [0.15, 0.2) is 65.5 Å². The molecule has 3 aromatic rings. The maximum absolute atomic E-state index is 6.05. The predicted octanol–water partition coefficient (Wildman–Crippen LogP) is 4.58. The van der Waals surface area contributed by atoms with Gasteiger partial charge in [0.2, 0.25) is 0 Å². The van der Waals surface area contributed by atoms with Crippen LogP contribution in [0.1, 0.15) is 12.1 Å². The largest absolute Gasteiger partial charge is 0.493 e. The van der Waals surface area contributed by atoms with E-state index in [0.717, 1.165) is 53.4 Å². The molecule has 1 saturated heterocycles. The predicted molar refractivity (Wildman–Crippen MR) is 141 cm³/mol. The van der Waals surface area contributed by atoms with Gasteiger partial charge in [-0.05, 0) is 49.7 Å². The minimum absolute atomic E-state index is 0.328. The van der Waals surface area contributed by atoms with Crippen LogP contribution in [0, 0.1) is 6.92 Å². The van der Waals surface area contributed by atoms with Crippen molar-refractivity contribution in [1.29, 1.82) is 0 Å². The molecular formula is C26H31N5O2S. The number of aromatic amines is 1. The maximum atomic E-state index is 6.05. The fourth-order valence-electron chi connectivity index (χ4n) is 4.14. The molecule has 3 heterocycles. The number of aromatic nitrogens is 1. The Labute approximate surface area is 204 Å². The number of aliphatic imine (C=N–C) groups is 1. The molecule has 3 N–H and O–H groups in total. The molecule has 0 bridgehead atoms. The topological polar surface area (TPSA) is 73.9 Å². The van der Waals surface area contributed by atoms with Crippen molar-refractivity contribution in [3.63, 3.8) is 0 Å². The zero-order chi connectivity index (χ0) is 23.2. The first-order valence-electron chi connectivity index (χ1n) is 11.8. The fraction of sp³-hybridized carbons (Fsp3) is 0.346. The third-order valence-electron chi connectivity index (χ3n) is 5.82. The maximum Gasteiger partial charge on any atom is 0.197 e. The van der Waals surface area contributed by atoms with Crippen molar-refractivity contribution in [3.8, 4) is 11.5 Å². The van der Waals surface area contributed by atoms with E-state index in [0.29, 0.717) is 5.88 Å². The van der Waals surface area contributed by atoms with Gasteiger partial charge in [-0.3, -0.25) is 0 Å². The van der Waals surface area contributed by atoms with Crippen molar-refractivity contribution in [2.45, 2.75) is 19.6 Å². The first-order chi connectivity index (χ1) is 16.7. The molecule has 178 valence electrons. The second-order valence-corrected chi connectivity index (χ2v) is 9.73. The molecule has 0 amide bonds. The van der Waals surface area contributed by atoms with Gasteiger partial charge in [-0.15, -0.1) is 0 Å². The van der Waals surface area contributed by atoms with Crippen molar-refractivity contribution >= 4 is 34.6 Å². The van der Waals surface area contributed by atoms with Crippen LogP contribution in [0.2, 0.25) is 0 Å². The van der Waals surface area contributed by atoms with E-state index in [-0.39, 0.29) is 6.29 Å². The first kappa shape index (κ1) is 22.7. The molecule has 0 aliphatic carbocycles. The molecule has 1 unspecified atom stereocenters. The molecule has 2 aliphatic rings. The Morgan fingerprint density at radius 2 is 2.03 bits per heavy atom. The Bertz CT molecular complexity index is 1170. The molecule has 2 aliphatic heterocycles. The summed E-state index contributed by atoms with van der Waals surface area (Å²) in [4.78, 5) is 10.3. The van der Waals surface area contributed by atoms with Crippen LogP contribution >= 0.6 is 11.8 Å². The molecule has 1 fully saturated rings. The van der Waals surface area contributed by atoms with Gasteiger partial charge >= 0.3 is 0 Å². The zero-order valence-electron chi connectivity index (χ0n) is 19.4. The van der Waals surface area contributed by atoms with E-state index in [9.17, 15) is 0 Å². The summed E-state index contributed by atoms with van der Waals surface area (Å²) >= 11 is 2.04. The molecule has 8 heteroatoms.